The molecule has 138 valence electrons. The summed E-state index contributed by atoms with van der Waals surface area (Å²) in [5.41, 5.74) is 0.635. The Labute approximate surface area is 142 Å². The summed E-state index contributed by atoms with van der Waals surface area (Å²) in [7, 11) is 0. The second-order valence-corrected chi connectivity index (χ2v) is 5.78. The fraction of sp³-hybridized carbons (Fsp3) is 0.438. The summed E-state index contributed by atoms with van der Waals surface area (Å²) >= 11 is 0. The third-order valence-corrected chi connectivity index (χ3v) is 3.39. The number of carbonyl (C=O) groups is 3. The molecular weight excluding hydrogens is 341 g/mol. The number of nitrogens with one attached hydrogen (secondary N) is 2. The highest BCUT2D eigenvalue weighted by Crippen LogP contribution is 2.16. The zero-order valence-corrected chi connectivity index (χ0v) is 13.6. The van der Waals surface area contributed by atoms with E-state index in [1.54, 1.807) is 35.6 Å². The predicted molar refractivity (Wildman–Crippen MR) is 82.5 cm³/mol. The smallest absolute Gasteiger partial charge is 0.471 e. The molecule has 1 rings (SSSR count). The Morgan fingerprint density at radius 2 is 1.64 bits per heavy atom. The molecule has 0 bridgehead atoms. The first-order valence-electron chi connectivity index (χ1n) is 7.47. The summed E-state index contributed by atoms with van der Waals surface area (Å²) in [5.74, 6) is -5.24. The Morgan fingerprint density at radius 3 is 2.08 bits per heavy atom. The number of amides is 2. The lowest BCUT2D eigenvalue weighted by atomic mass is 10.0. The molecule has 1 aromatic carbocycles. The average Bonchev–Trinajstić information content (AvgIpc) is 2.51. The molecule has 2 amide bonds. The van der Waals surface area contributed by atoms with E-state index in [1.807, 2.05) is 0 Å². The van der Waals surface area contributed by atoms with E-state index in [0.717, 1.165) is 0 Å². The van der Waals surface area contributed by atoms with Crippen molar-refractivity contribution in [2.24, 2.45) is 5.92 Å². The average molecular weight is 360 g/mol. The third kappa shape index (κ3) is 6.44. The van der Waals surface area contributed by atoms with E-state index in [2.05, 4.69) is 5.32 Å². The Kier molecular flexibility index (Phi) is 6.96. The number of carbonyl (C=O) groups excluding carboxylic acids is 2. The molecule has 0 saturated carbocycles. The normalized spacial score (nSPS) is 13.8. The maximum Gasteiger partial charge on any atom is 0.471 e. The van der Waals surface area contributed by atoms with Crippen LogP contribution in [0.25, 0.3) is 0 Å². The number of halogens is 3. The van der Waals surface area contributed by atoms with Crippen LogP contribution in [0.1, 0.15) is 19.4 Å². The van der Waals surface area contributed by atoms with E-state index < -0.39 is 42.0 Å². The number of hydrogen-bond acceptors (Lipinski definition) is 3. The maximum absolute atomic E-state index is 12.4. The van der Waals surface area contributed by atoms with Gasteiger partial charge in [0.15, 0.2) is 0 Å². The van der Waals surface area contributed by atoms with Crippen molar-refractivity contribution in [2.45, 2.75) is 38.5 Å². The van der Waals surface area contributed by atoms with Crippen LogP contribution in [0.15, 0.2) is 30.3 Å². The first kappa shape index (κ1) is 20.5. The number of rotatable bonds is 7. The van der Waals surface area contributed by atoms with Gasteiger partial charge in [0, 0.05) is 6.42 Å². The Bertz CT molecular complexity index is 618. The molecule has 0 heterocycles. The summed E-state index contributed by atoms with van der Waals surface area (Å²) < 4.78 is 37.1. The van der Waals surface area contributed by atoms with Gasteiger partial charge in [-0.1, -0.05) is 44.2 Å². The Balaban J connectivity index is 2.85. The third-order valence-electron chi connectivity index (χ3n) is 3.39. The van der Waals surface area contributed by atoms with Crippen LogP contribution >= 0.6 is 0 Å². The lowest BCUT2D eigenvalue weighted by molar-refractivity contribution is -0.175. The number of carboxylic acid groups (broad SMARTS) is 1. The molecule has 2 atom stereocenters. The highest BCUT2D eigenvalue weighted by molar-refractivity contribution is 5.92. The van der Waals surface area contributed by atoms with E-state index in [0.29, 0.717) is 5.56 Å². The van der Waals surface area contributed by atoms with Gasteiger partial charge < -0.3 is 15.7 Å². The standard InChI is InChI=1S/C16H19F3N2O4/c1-9(2)12(21-15(25)16(17,18)19)13(22)20-11(14(23)24)8-10-6-4-3-5-7-10/h3-7,9,11-12H,8H2,1-2H3,(H,20,22)(H,21,25)(H,23,24)/t11-,12-/m1/s1. The van der Waals surface area contributed by atoms with Gasteiger partial charge in [0.25, 0.3) is 0 Å². The monoisotopic (exact) mass is 360 g/mol. The number of aliphatic carboxylic acids is 1. The molecule has 0 aromatic heterocycles. The van der Waals surface area contributed by atoms with Crippen LogP contribution in [-0.2, 0) is 20.8 Å². The van der Waals surface area contributed by atoms with Crippen LogP contribution in [0.2, 0.25) is 0 Å². The van der Waals surface area contributed by atoms with Crippen LogP contribution in [0.3, 0.4) is 0 Å². The summed E-state index contributed by atoms with van der Waals surface area (Å²) in [5, 5.41) is 13.0. The van der Waals surface area contributed by atoms with Crippen molar-refractivity contribution in [3.05, 3.63) is 35.9 Å². The predicted octanol–water partition coefficient (Wildman–Crippen LogP) is 1.50. The van der Waals surface area contributed by atoms with Gasteiger partial charge in [0.2, 0.25) is 5.91 Å². The van der Waals surface area contributed by atoms with E-state index in [4.69, 9.17) is 0 Å². The molecule has 0 unspecified atom stereocenters. The fourth-order valence-electron chi connectivity index (χ4n) is 2.07. The second kappa shape index (κ2) is 8.50. The van der Waals surface area contributed by atoms with Gasteiger partial charge in [-0.2, -0.15) is 13.2 Å². The topological polar surface area (TPSA) is 95.5 Å². The Hall–Kier alpha value is -2.58. The molecular formula is C16H19F3N2O4. The summed E-state index contributed by atoms with van der Waals surface area (Å²) in [6.07, 6.45) is -5.18. The number of benzene rings is 1. The Morgan fingerprint density at radius 1 is 1.08 bits per heavy atom. The largest absolute Gasteiger partial charge is 0.480 e. The fourth-order valence-corrected chi connectivity index (χ4v) is 2.07. The molecule has 0 radical (unpaired) electrons. The van der Waals surface area contributed by atoms with Crippen molar-refractivity contribution < 1.29 is 32.7 Å². The minimum absolute atomic E-state index is 0.0417. The minimum atomic E-state index is -5.14. The van der Waals surface area contributed by atoms with Gasteiger partial charge >= 0.3 is 18.1 Å². The SMILES string of the molecule is CC(C)[C@@H](NC(=O)C(F)(F)F)C(=O)N[C@H](Cc1ccccc1)C(=O)O. The molecule has 3 N–H and O–H groups in total. The maximum atomic E-state index is 12.4. The molecule has 6 nitrogen and oxygen atoms in total. The van der Waals surface area contributed by atoms with Crippen LogP contribution in [-0.4, -0.2) is 41.2 Å². The van der Waals surface area contributed by atoms with Gasteiger partial charge in [-0.05, 0) is 11.5 Å². The highest BCUT2D eigenvalue weighted by atomic mass is 19.4. The highest BCUT2D eigenvalue weighted by Gasteiger charge is 2.41. The van der Waals surface area contributed by atoms with E-state index in [9.17, 15) is 32.7 Å². The van der Waals surface area contributed by atoms with Crippen LogP contribution in [0.5, 0.6) is 0 Å². The van der Waals surface area contributed by atoms with Gasteiger partial charge in [-0.15, -0.1) is 0 Å². The van der Waals surface area contributed by atoms with Gasteiger partial charge in [0.1, 0.15) is 12.1 Å². The van der Waals surface area contributed by atoms with E-state index in [-0.39, 0.29) is 6.42 Å². The molecule has 0 aliphatic rings. The number of alkyl halides is 3. The molecule has 0 spiro atoms. The molecule has 9 heteroatoms. The lowest BCUT2D eigenvalue weighted by Crippen LogP contribution is -2.56. The van der Waals surface area contributed by atoms with Crippen molar-refractivity contribution in [2.75, 3.05) is 0 Å². The minimum Gasteiger partial charge on any atom is -0.480 e. The van der Waals surface area contributed by atoms with Crippen LogP contribution in [0, 0.1) is 5.92 Å². The summed E-state index contributed by atoms with van der Waals surface area (Å²) in [6, 6.07) is 5.60. The van der Waals surface area contributed by atoms with Gasteiger partial charge in [0.05, 0.1) is 0 Å². The van der Waals surface area contributed by atoms with Crippen molar-refractivity contribution in [3.8, 4) is 0 Å². The van der Waals surface area contributed by atoms with Crippen molar-refractivity contribution in [1.82, 2.24) is 10.6 Å². The van der Waals surface area contributed by atoms with Crippen molar-refractivity contribution in [1.29, 1.82) is 0 Å². The quantitative estimate of drug-likeness (QED) is 0.687. The summed E-state index contributed by atoms with van der Waals surface area (Å²) in [4.78, 5) is 34.6. The van der Waals surface area contributed by atoms with E-state index in [1.165, 1.54) is 13.8 Å². The first-order chi connectivity index (χ1) is 11.5. The summed E-state index contributed by atoms with van der Waals surface area (Å²) in [6.45, 7) is 2.88. The molecule has 0 aliphatic heterocycles. The van der Waals surface area contributed by atoms with Crippen molar-refractivity contribution in [3.63, 3.8) is 0 Å². The molecule has 25 heavy (non-hydrogen) atoms. The number of hydrogen-bond donors (Lipinski definition) is 3. The van der Waals surface area contributed by atoms with Crippen LogP contribution < -0.4 is 10.6 Å². The zero-order chi connectivity index (χ0) is 19.2. The molecule has 0 fully saturated rings. The second-order valence-electron chi connectivity index (χ2n) is 5.78. The molecule has 1 aromatic rings. The number of carboxylic acids is 1. The van der Waals surface area contributed by atoms with Gasteiger partial charge in [-0.25, -0.2) is 4.79 Å². The molecule has 0 saturated heterocycles. The van der Waals surface area contributed by atoms with Crippen LogP contribution in [0.4, 0.5) is 13.2 Å². The van der Waals surface area contributed by atoms with E-state index >= 15 is 0 Å². The van der Waals surface area contributed by atoms with Gasteiger partial charge in [-0.3, -0.25) is 9.59 Å². The van der Waals surface area contributed by atoms with Crippen molar-refractivity contribution >= 4 is 17.8 Å². The lowest BCUT2D eigenvalue weighted by Gasteiger charge is -2.24. The first-order valence-corrected chi connectivity index (χ1v) is 7.47. The zero-order valence-electron chi connectivity index (χ0n) is 13.6. The molecule has 0 aliphatic carbocycles.